The number of nitrogens with zero attached hydrogens (tertiary/aromatic N) is 2. The second kappa shape index (κ2) is 10.2. The molecule has 0 radical (unpaired) electrons. The Morgan fingerprint density at radius 2 is 2.00 bits per heavy atom. The van der Waals surface area contributed by atoms with E-state index in [4.69, 9.17) is 4.74 Å². The number of ether oxygens (including phenoxy) is 1. The van der Waals surface area contributed by atoms with Gasteiger partial charge in [-0.1, -0.05) is 0 Å². The van der Waals surface area contributed by atoms with E-state index in [1.807, 2.05) is 6.92 Å². The zero-order valence-corrected chi connectivity index (χ0v) is 16.4. The van der Waals surface area contributed by atoms with Gasteiger partial charge in [0.2, 0.25) is 0 Å². The average Bonchev–Trinajstić information content (AvgIpc) is 3.23. The third kappa shape index (κ3) is 9.44. The van der Waals surface area contributed by atoms with Crippen LogP contribution >= 0.6 is 0 Å². The van der Waals surface area contributed by atoms with E-state index in [-0.39, 0.29) is 11.2 Å². The minimum atomic E-state index is -2.95. The molecular weight excluding hydrogens is 328 g/mol. The largest absolute Gasteiger partial charge is 0.385 e. The van der Waals surface area contributed by atoms with Crippen LogP contribution in [0.5, 0.6) is 0 Å². The number of sulfone groups is 1. The first-order valence-corrected chi connectivity index (χ1v) is 10.7. The summed E-state index contributed by atoms with van der Waals surface area (Å²) in [4.78, 5) is 6.85. The fraction of sp³-hybridized carbons (Fsp3) is 0.938. The van der Waals surface area contributed by atoms with Gasteiger partial charge in [-0.2, -0.15) is 0 Å². The van der Waals surface area contributed by atoms with Gasteiger partial charge in [-0.25, -0.2) is 8.42 Å². The molecule has 0 bridgehead atoms. The Morgan fingerprint density at radius 1 is 1.29 bits per heavy atom. The molecule has 0 saturated heterocycles. The molecule has 0 aromatic heterocycles. The minimum absolute atomic E-state index is 0.132. The van der Waals surface area contributed by atoms with Gasteiger partial charge in [0.1, 0.15) is 9.84 Å². The van der Waals surface area contributed by atoms with Crippen molar-refractivity contribution >= 4 is 15.8 Å². The molecule has 1 aliphatic rings. The molecule has 1 aliphatic carbocycles. The zero-order valence-electron chi connectivity index (χ0n) is 15.6. The summed E-state index contributed by atoms with van der Waals surface area (Å²) in [5.74, 6) is 1.01. The summed E-state index contributed by atoms with van der Waals surface area (Å²) in [5.41, 5.74) is -0.132. The first-order chi connectivity index (χ1) is 11.3. The second-order valence-electron chi connectivity index (χ2n) is 6.84. The molecule has 0 heterocycles. The fourth-order valence-corrected chi connectivity index (χ4v) is 4.12. The second-order valence-corrected chi connectivity index (χ2v) is 8.98. The fourth-order valence-electron chi connectivity index (χ4n) is 2.63. The molecule has 1 saturated carbocycles. The molecule has 0 aromatic rings. The molecule has 1 rings (SSSR count). The number of guanidine groups is 1. The number of rotatable bonds is 12. The SMILES string of the molecule is CCNC(=NCC1(CS(C)(=O)=O)CC1)NCCN(C)CCCOC. The normalized spacial score (nSPS) is 17.1. The molecule has 0 unspecified atom stereocenters. The molecule has 7 nitrogen and oxygen atoms in total. The van der Waals surface area contributed by atoms with Gasteiger partial charge in [-0.05, 0) is 33.2 Å². The van der Waals surface area contributed by atoms with E-state index in [0.717, 1.165) is 58.0 Å². The summed E-state index contributed by atoms with van der Waals surface area (Å²) in [6.07, 6.45) is 4.23. The van der Waals surface area contributed by atoms with E-state index in [0.29, 0.717) is 6.54 Å². The predicted molar refractivity (Wildman–Crippen MR) is 99.3 cm³/mol. The Morgan fingerprint density at radius 3 is 2.54 bits per heavy atom. The van der Waals surface area contributed by atoms with Crippen molar-refractivity contribution in [1.29, 1.82) is 0 Å². The first kappa shape index (κ1) is 21.2. The first-order valence-electron chi connectivity index (χ1n) is 8.68. The van der Waals surface area contributed by atoms with E-state index in [1.54, 1.807) is 7.11 Å². The molecule has 8 heteroatoms. The Labute approximate surface area is 147 Å². The lowest BCUT2D eigenvalue weighted by atomic mass is 10.1. The van der Waals surface area contributed by atoms with Crippen LogP contribution in [0.2, 0.25) is 0 Å². The van der Waals surface area contributed by atoms with E-state index in [9.17, 15) is 8.42 Å². The molecule has 2 N–H and O–H groups in total. The smallest absolute Gasteiger partial charge is 0.191 e. The van der Waals surface area contributed by atoms with Crippen LogP contribution in [0.25, 0.3) is 0 Å². The van der Waals surface area contributed by atoms with Crippen LogP contribution in [0.1, 0.15) is 26.2 Å². The highest BCUT2D eigenvalue weighted by atomic mass is 32.2. The molecule has 24 heavy (non-hydrogen) atoms. The maximum absolute atomic E-state index is 11.5. The third-order valence-electron chi connectivity index (χ3n) is 4.12. The Balaban J connectivity index is 2.38. The Hall–Kier alpha value is -0.860. The van der Waals surface area contributed by atoms with Gasteiger partial charge >= 0.3 is 0 Å². The minimum Gasteiger partial charge on any atom is -0.385 e. The van der Waals surface area contributed by atoms with Gasteiger partial charge in [0.25, 0.3) is 0 Å². The van der Waals surface area contributed by atoms with Crippen LogP contribution < -0.4 is 10.6 Å². The number of hydrogen-bond acceptors (Lipinski definition) is 5. The van der Waals surface area contributed by atoms with Crippen molar-refractivity contribution in [2.45, 2.75) is 26.2 Å². The van der Waals surface area contributed by atoms with Crippen LogP contribution in [0, 0.1) is 5.41 Å². The summed E-state index contributed by atoms with van der Waals surface area (Å²) in [7, 11) is 0.864. The lowest BCUT2D eigenvalue weighted by Gasteiger charge is -2.18. The van der Waals surface area contributed by atoms with Gasteiger partial charge < -0.3 is 20.3 Å². The van der Waals surface area contributed by atoms with E-state index >= 15 is 0 Å². The molecular formula is C16H34N4O3S. The number of aliphatic imine (C=N–C) groups is 1. The highest BCUT2D eigenvalue weighted by Gasteiger charge is 2.45. The van der Waals surface area contributed by atoms with Crippen LogP contribution in [0.3, 0.4) is 0 Å². The Kier molecular flexibility index (Phi) is 9.01. The summed E-state index contributed by atoms with van der Waals surface area (Å²) in [5, 5.41) is 6.54. The lowest BCUT2D eigenvalue weighted by Crippen LogP contribution is -2.41. The number of nitrogens with one attached hydrogen (secondary N) is 2. The van der Waals surface area contributed by atoms with Crippen molar-refractivity contribution in [3.05, 3.63) is 0 Å². The molecule has 0 amide bonds. The van der Waals surface area contributed by atoms with E-state index < -0.39 is 9.84 Å². The van der Waals surface area contributed by atoms with Gasteiger partial charge in [0.15, 0.2) is 5.96 Å². The molecule has 1 fully saturated rings. The molecule has 0 aromatic carbocycles. The van der Waals surface area contributed by atoms with Gasteiger partial charge in [-0.15, -0.1) is 0 Å². The molecule has 0 aliphatic heterocycles. The molecule has 0 spiro atoms. The summed E-state index contributed by atoms with van der Waals surface area (Å²) in [6, 6.07) is 0. The van der Waals surface area contributed by atoms with E-state index in [1.165, 1.54) is 6.26 Å². The topological polar surface area (TPSA) is 83.0 Å². The zero-order chi connectivity index (χ0) is 18.1. The monoisotopic (exact) mass is 362 g/mol. The highest BCUT2D eigenvalue weighted by Crippen LogP contribution is 2.46. The van der Waals surface area contributed by atoms with Crippen molar-refractivity contribution < 1.29 is 13.2 Å². The summed E-state index contributed by atoms with van der Waals surface area (Å²) >= 11 is 0. The van der Waals surface area contributed by atoms with E-state index in [2.05, 4.69) is 27.6 Å². The lowest BCUT2D eigenvalue weighted by molar-refractivity contribution is 0.180. The Bertz CT molecular complexity index is 490. The van der Waals surface area contributed by atoms with Gasteiger partial charge in [0.05, 0.1) is 5.75 Å². The van der Waals surface area contributed by atoms with Crippen LogP contribution in [0.15, 0.2) is 4.99 Å². The third-order valence-corrected chi connectivity index (χ3v) is 5.25. The molecule has 142 valence electrons. The maximum Gasteiger partial charge on any atom is 0.191 e. The van der Waals surface area contributed by atoms with Crippen molar-refractivity contribution in [2.75, 3.05) is 65.5 Å². The van der Waals surface area contributed by atoms with Crippen molar-refractivity contribution in [3.63, 3.8) is 0 Å². The average molecular weight is 363 g/mol. The van der Waals surface area contributed by atoms with Crippen molar-refractivity contribution in [3.8, 4) is 0 Å². The standard InChI is InChI=1S/C16H34N4O3S/c1-5-17-15(18-9-11-20(2)10-6-12-23-3)19-13-16(7-8-16)14-24(4,21)22/h5-14H2,1-4H3,(H2,17,18,19). The number of likely N-dealkylation sites (N-methyl/N-ethyl adjacent to an activating group) is 1. The summed E-state index contributed by atoms with van der Waals surface area (Å²) in [6.45, 7) is 6.88. The number of methoxy groups -OCH3 is 1. The van der Waals surface area contributed by atoms with Crippen LogP contribution in [-0.4, -0.2) is 84.8 Å². The number of hydrogen-bond donors (Lipinski definition) is 2. The predicted octanol–water partition coefficient (Wildman–Crippen LogP) is 0.335. The quantitative estimate of drug-likeness (QED) is 0.296. The molecule has 0 atom stereocenters. The summed E-state index contributed by atoms with van der Waals surface area (Å²) < 4.78 is 28.1. The van der Waals surface area contributed by atoms with Crippen LogP contribution in [-0.2, 0) is 14.6 Å². The van der Waals surface area contributed by atoms with Crippen molar-refractivity contribution in [1.82, 2.24) is 15.5 Å². The van der Waals surface area contributed by atoms with Gasteiger partial charge in [0, 0.05) is 58.1 Å². The maximum atomic E-state index is 11.5. The highest BCUT2D eigenvalue weighted by molar-refractivity contribution is 7.90. The van der Waals surface area contributed by atoms with Crippen molar-refractivity contribution in [2.24, 2.45) is 10.4 Å². The van der Waals surface area contributed by atoms with Crippen LogP contribution in [0.4, 0.5) is 0 Å². The van der Waals surface area contributed by atoms with Gasteiger partial charge in [-0.3, -0.25) is 4.99 Å².